The van der Waals surface area contributed by atoms with Crippen LogP contribution in [0.2, 0.25) is 0 Å². The van der Waals surface area contributed by atoms with Crippen LogP contribution in [0.5, 0.6) is 0 Å². The number of imidazole rings is 1. The lowest BCUT2D eigenvalue weighted by Gasteiger charge is -2.10. The predicted octanol–water partition coefficient (Wildman–Crippen LogP) is 0.965. The van der Waals surface area contributed by atoms with Gasteiger partial charge in [0.05, 0.1) is 24.1 Å². The Morgan fingerprint density at radius 1 is 1.53 bits per heavy atom. The predicted molar refractivity (Wildman–Crippen MR) is 58.6 cm³/mol. The molecule has 2 N–H and O–H groups in total. The van der Waals surface area contributed by atoms with Gasteiger partial charge < -0.3 is 14.8 Å². The maximum absolute atomic E-state index is 9.36. The Balaban J connectivity index is 2.23. The van der Waals surface area contributed by atoms with Gasteiger partial charge >= 0.3 is 0 Å². The molecule has 0 saturated carbocycles. The molecule has 5 heteroatoms. The number of aliphatic hydroxyl groups is 2. The van der Waals surface area contributed by atoms with Crippen molar-refractivity contribution in [3.8, 4) is 10.7 Å². The Kier molecular flexibility index (Phi) is 3.15. The molecule has 0 fully saturated rings. The standard InChI is InChI=1S/C10H12N2O2S/c13-7-8(14)6-12-4-3-11-10(12)9-2-1-5-15-9/h1-5,8,13-14H,6-7H2. The molecule has 0 aliphatic heterocycles. The first-order valence-corrected chi connectivity index (χ1v) is 5.53. The lowest BCUT2D eigenvalue weighted by molar-refractivity contribution is 0.0816. The molecule has 0 aliphatic rings. The quantitative estimate of drug-likeness (QED) is 0.813. The third-order valence-electron chi connectivity index (χ3n) is 2.08. The van der Waals surface area contributed by atoms with Crippen molar-refractivity contribution in [3.05, 3.63) is 29.9 Å². The second-order valence-electron chi connectivity index (χ2n) is 3.22. The summed E-state index contributed by atoms with van der Waals surface area (Å²) in [6, 6.07) is 3.94. The normalized spacial score (nSPS) is 12.9. The van der Waals surface area contributed by atoms with Gasteiger partial charge in [-0.2, -0.15) is 0 Å². The zero-order chi connectivity index (χ0) is 10.7. The van der Waals surface area contributed by atoms with Gasteiger partial charge in [-0.25, -0.2) is 4.98 Å². The summed E-state index contributed by atoms with van der Waals surface area (Å²) in [5.41, 5.74) is 0. The minimum absolute atomic E-state index is 0.234. The van der Waals surface area contributed by atoms with E-state index in [1.165, 1.54) is 0 Å². The number of rotatable bonds is 4. The van der Waals surface area contributed by atoms with Crippen LogP contribution in [0.25, 0.3) is 10.7 Å². The van der Waals surface area contributed by atoms with Gasteiger partial charge in [-0.05, 0) is 11.4 Å². The zero-order valence-corrected chi connectivity index (χ0v) is 8.89. The number of aromatic nitrogens is 2. The maximum atomic E-state index is 9.36. The van der Waals surface area contributed by atoms with E-state index in [0.29, 0.717) is 6.54 Å². The summed E-state index contributed by atoms with van der Waals surface area (Å²) in [5.74, 6) is 0.831. The monoisotopic (exact) mass is 224 g/mol. The Morgan fingerprint density at radius 2 is 2.40 bits per heavy atom. The molecular formula is C10H12N2O2S. The van der Waals surface area contributed by atoms with Gasteiger partial charge in [0.2, 0.25) is 0 Å². The van der Waals surface area contributed by atoms with Gasteiger partial charge in [-0.3, -0.25) is 0 Å². The van der Waals surface area contributed by atoms with Gasteiger partial charge in [0.25, 0.3) is 0 Å². The van der Waals surface area contributed by atoms with Crippen molar-refractivity contribution in [2.45, 2.75) is 12.6 Å². The number of nitrogens with zero attached hydrogens (tertiary/aromatic N) is 2. The Hall–Kier alpha value is -1.17. The maximum Gasteiger partial charge on any atom is 0.150 e. The van der Waals surface area contributed by atoms with Gasteiger partial charge in [-0.1, -0.05) is 6.07 Å². The van der Waals surface area contributed by atoms with Crippen LogP contribution < -0.4 is 0 Å². The van der Waals surface area contributed by atoms with Crippen molar-refractivity contribution in [2.24, 2.45) is 0 Å². The van der Waals surface area contributed by atoms with Crippen molar-refractivity contribution in [1.29, 1.82) is 0 Å². The van der Waals surface area contributed by atoms with E-state index in [0.717, 1.165) is 10.7 Å². The highest BCUT2D eigenvalue weighted by atomic mass is 32.1. The van der Waals surface area contributed by atoms with Crippen LogP contribution in [0, 0.1) is 0 Å². The highest BCUT2D eigenvalue weighted by Gasteiger charge is 2.09. The molecule has 2 aromatic heterocycles. The summed E-state index contributed by atoms with van der Waals surface area (Å²) >= 11 is 1.60. The van der Waals surface area contributed by atoms with E-state index in [9.17, 15) is 5.11 Å². The summed E-state index contributed by atoms with van der Waals surface area (Å²) in [4.78, 5) is 5.29. The molecule has 2 aromatic rings. The summed E-state index contributed by atoms with van der Waals surface area (Å²) in [6.45, 7) is 0.131. The molecule has 1 atom stereocenters. The molecule has 1 unspecified atom stereocenters. The highest BCUT2D eigenvalue weighted by molar-refractivity contribution is 7.13. The fourth-order valence-electron chi connectivity index (χ4n) is 1.37. The van der Waals surface area contributed by atoms with Crippen LogP contribution in [0.3, 0.4) is 0 Å². The van der Waals surface area contributed by atoms with Crippen LogP contribution in [-0.4, -0.2) is 32.5 Å². The summed E-state index contributed by atoms with van der Waals surface area (Å²) < 4.78 is 1.84. The molecule has 0 aromatic carbocycles. The van der Waals surface area contributed by atoms with E-state index >= 15 is 0 Å². The molecule has 0 saturated heterocycles. The molecular weight excluding hydrogens is 212 g/mol. The van der Waals surface area contributed by atoms with Crippen molar-refractivity contribution in [3.63, 3.8) is 0 Å². The van der Waals surface area contributed by atoms with E-state index in [2.05, 4.69) is 4.98 Å². The fourth-order valence-corrected chi connectivity index (χ4v) is 2.11. The molecule has 2 heterocycles. The average molecular weight is 224 g/mol. The Morgan fingerprint density at radius 3 is 3.07 bits per heavy atom. The van der Waals surface area contributed by atoms with Gasteiger partial charge in [0.1, 0.15) is 5.82 Å². The summed E-state index contributed by atoms with van der Waals surface area (Å²) in [6.07, 6.45) is 2.76. The molecule has 4 nitrogen and oxygen atoms in total. The molecule has 0 bridgehead atoms. The number of hydrogen-bond donors (Lipinski definition) is 2. The molecule has 0 aliphatic carbocycles. The fraction of sp³-hybridized carbons (Fsp3) is 0.300. The van der Waals surface area contributed by atoms with Crippen LogP contribution >= 0.6 is 11.3 Å². The molecule has 15 heavy (non-hydrogen) atoms. The van der Waals surface area contributed by atoms with Crippen molar-refractivity contribution >= 4 is 11.3 Å². The van der Waals surface area contributed by atoms with E-state index in [1.807, 2.05) is 22.1 Å². The highest BCUT2D eigenvalue weighted by Crippen LogP contribution is 2.22. The first-order valence-electron chi connectivity index (χ1n) is 4.65. The second-order valence-corrected chi connectivity index (χ2v) is 4.16. The van der Waals surface area contributed by atoms with Crippen molar-refractivity contribution < 1.29 is 10.2 Å². The van der Waals surface area contributed by atoms with Crippen molar-refractivity contribution in [2.75, 3.05) is 6.61 Å². The molecule has 0 radical (unpaired) electrons. The minimum atomic E-state index is -0.738. The van der Waals surface area contributed by atoms with Gasteiger partial charge in [0.15, 0.2) is 0 Å². The van der Waals surface area contributed by atoms with Gasteiger partial charge in [0, 0.05) is 12.4 Å². The van der Waals surface area contributed by atoms with Crippen LogP contribution in [0.1, 0.15) is 0 Å². The smallest absolute Gasteiger partial charge is 0.150 e. The average Bonchev–Trinajstić information content (AvgIpc) is 2.86. The number of thiophene rings is 1. The third-order valence-corrected chi connectivity index (χ3v) is 2.94. The topological polar surface area (TPSA) is 58.3 Å². The van der Waals surface area contributed by atoms with Crippen LogP contribution in [-0.2, 0) is 6.54 Å². The van der Waals surface area contributed by atoms with Crippen molar-refractivity contribution in [1.82, 2.24) is 9.55 Å². The molecule has 0 spiro atoms. The first kappa shape index (κ1) is 10.4. The van der Waals surface area contributed by atoms with E-state index in [1.54, 1.807) is 23.7 Å². The zero-order valence-electron chi connectivity index (χ0n) is 8.08. The van der Waals surface area contributed by atoms with E-state index in [-0.39, 0.29) is 6.61 Å². The second kappa shape index (κ2) is 4.57. The first-order chi connectivity index (χ1) is 7.31. The van der Waals surface area contributed by atoms with E-state index < -0.39 is 6.10 Å². The lowest BCUT2D eigenvalue weighted by atomic mass is 10.3. The molecule has 0 amide bonds. The SMILES string of the molecule is OCC(O)Cn1ccnc1-c1cccs1. The Labute approximate surface area is 91.5 Å². The minimum Gasteiger partial charge on any atom is -0.394 e. The summed E-state index contributed by atoms with van der Waals surface area (Å²) in [5, 5.41) is 20.1. The van der Waals surface area contributed by atoms with E-state index in [4.69, 9.17) is 5.11 Å². The van der Waals surface area contributed by atoms with Crippen LogP contribution in [0.4, 0.5) is 0 Å². The lowest BCUT2D eigenvalue weighted by Crippen LogP contribution is -2.19. The molecule has 80 valence electrons. The largest absolute Gasteiger partial charge is 0.394 e. The molecule has 2 rings (SSSR count). The number of hydrogen-bond acceptors (Lipinski definition) is 4. The Bertz CT molecular complexity index is 411. The number of aliphatic hydroxyl groups excluding tert-OH is 2. The van der Waals surface area contributed by atoms with Crippen LogP contribution in [0.15, 0.2) is 29.9 Å². The third kappa shape index (κ3) is 2.26. The summed E-state index contributed by atoms with van der Waals surface area (Å²) in [7, 11) is 0. The van der Waals surface area contributed by atoms with Gasteiger partial charge in [-0.15, -0.1) is 11.3 Å².